The van der Waals surface area contributed by atoms with E-state index in [2.05, 4.69) is 0 Å². The van der Waals surface area contributed by atoms with Crippen LogP contribution in [0.15, 0.2) is 0 Å². The van der Waals surface area contributed by atoms with E-state index in [1.165, 1.54) is 51.4 Å². The summed E-state index contributed by atoms with van der Waals surface area (Å²) < 4.78 is 54.8. The Labute approximate surface area is 185 Å². The molecule has 6 aliphatic heterocycles. The molecule has 6 saturated heterocycles. The van der Waals surface area contributed by atoms with E-state index in [1.54, 1.807) is 0 Å². The van der Waals surface area contributed by atoms with Crippen molar-refractivity contribution in [2.75, 3.05) is 52.6 Å². The summed E-state index contributed by atoms with van der Waals surface area (Å²) in [5.74, 6) is 2.40. The molecule has 0 aromatic carbocycles. The topological polar surface area (TPSA) is 77.5 Å². The van der Waals surface area contributed by atoms with Gasteiger partial charge in [0.1, 0.15) is 0 Å². The number of nitrogens with zero attached hydrogens (tertiary/aromatic N) is 2. The summed E-state index contributed by atoms with van der Waals surface area (Å²) in [6.07, 6.45) is 9.78. The van der Waals surface area contributed by atoms with Gasteiger partial charge in [-0.1, -0.05) is 0 Å². The minimum Gasteiger partial charge on any atom is -0.296 e. The molecule has 176 valence electrons. The van der Waals surface area contributed by atoms with Crippen LogP contribution in [0.4, 0.5) is 0 Å². The molecule has 6 heterocycles. The lowest BCUT2D eigenvalue weighted by atomic mass is 9.84. The van der Waals surface area contributed by atoms with Gasteiger partial charge >= 0.3 is 15.5 Å². The van der Waals surface area contributed by atoms with Gasteiger partial charge in [0.2, 0.25) is 0 Å². The first kappa shape index (κ1) is 21.7. The third-order valence-corrected chi connectivity index (χ3v) is 12.5. The largest absolute Gasteiger partial charge is 0.408 e. The lowest BCUT2D eigenvalue weighted by Gasteiger charge is -2.46. The zero-order valence-corrected chi connectivity index (χ0v) is 20.2. The van der Waals surface area contributed by atoms with Gasteiger partial charge in [-0.3, -0.25) is 18.1 Å². The van der Waals surface area contributed by atoms with E-state index in [4.69, 9.17) is 18.1 Å². The fraction of sp³-hybridized carbons (Fsp3) is 1.00. The Morgan fingerprint density at radius 2 is 0.774 bits per heavy atom. The Morgan fingerprint density at radius 1 is 0.516 bits per heavy atom. The fourth-order valence-electron chi connectivity index (χ4n) is 6.46. The van der Waals surface area contributed by atoms with Crippen molar-refractivity contribution in [3.63, 3.8) is 0 Å². The van der Waals surface area contributed by atoms with Gasteiger partial charge in [0.15, 0.2) is 0 Å². The van der Waals surface area contributed by atoms with Gasteiger partial charge in [-0.25, -0.2) is 18.5 Å². The van der Waals surface area contributed by atoms with Gasteiger partial charge in [-0.2, -0.15) is 0 Å². The summed E-state index contributed by atoms with van der Waals surface area (Å²) in [6.45, 7) is 4.28. The highest BCUT2D eigenvalue weighted by molar-refractivity contribution is 7.51. The van der Waals surface area contributed by atoms with Crippen LogP contribution in [-0.4, -0.2) is 61.9 Å². The molecule has 31 heavy (non-hydrogen) atoms. The molecule has 2 saturated carbocycles. The lowest BCUT2D eigenvalue weighted by molar-refractivity contribution is -0.0831. The molecule has 0 radical (unpaired) electrons. The standard InChI is InChI=1S/C21H36N2O6P2/c24-30(22-9-17-1-2-18(10-22)4-3-17)26-13-21(14-27-30)15-28-31(25,29-16-21)23-11-19-5-6-20(12-23)8-7-19/h17-20H,1-16H2. The van der Waals surface area contributed by atoms with E-state index in [0.717, 1.165) is 26.2 Å². The molecule has 2 aliphatic carbocycles. The number of rotatable bonds is 2. The van der Waals surface area contributed by atoms with Crippen LogP contribution >= 0.6 is 15.5 Å². The molecule has 0 aromatic rings. The molecule has 0 aromatic heterocycles. The molecule has 8 rings (SSSR count). The summed E-state index contributed by atoms with van der Waals surface area (Å²) in [7, 11) is -6.55. The van der Waals surface area contributed by atoms with Crippen LogP contribution in [0.5, 0.6) is 0 Å². The lowest BCUT2D eigenvalue weighted by Crippen LogP contribution is -2.48. The van der Waals surface area contributed by atoms with Gasteiger partial charge in [0.25, 0.3) is 0 Å². The van der Waals surface area contributed by atoms with Crippen LogP contribution in [0.1, 0.15) is 51.4 Å². The third-order valence-electron chi connectivity index (χ3n) is 8.64. The van der Waals surface area contributed by atoms with Crippen molar-refractivity contribution in [3.8, 4) is 0 Å². The van der Waals surface area contributed by atoms with Gasteiger partial charge in [0.05, 0.1) is 31.8 Å². The van der Waals surface area contributed by atoms with Crippen LogP contribution in [0.3, 0.4) is 0 Å². The quantitative estimate of drug-likeness (QED) is 0.541. The molecule has 4 bridgehead atoms. The third kappa shape index (κ3) is 4.14. The van der Waals surface area contributed by atoms with E-state index in [0.29, 0.717) is 23.7 Å². The second-order valence-electron chi connectivity index (χ2n) is 11.0. The van der Waals surface area contributed by atoms with Crippen molar-refractivity contribution in [1.82, 2.24) is 9.34 Å². The Kier molecular flexibility index (Phi) is 5.72. The van der Waals surface area contributed by atoms with Crippen molar-refractivity contribution in [2.45, 2.75) is 51.4 Å². The summed E-state index contributed by atoms with van der Waals surface area (Å²) in [4.78, 5) is 0. The fourth-order valence-corrected chi connectivity index (χ4v) is 10.7. The van der Waals surface area contributed by atoms with Gasteiger partial charge < -0.3 is 0 Å². The molecule has 10 heteroatoms. The summed E-state index contributed by atoms with van der Waals surface area (Å²) in [6, 6.07) is 0. The number of fused-ring (bicyclic) bond motifs is 8. The van der Waals surface area contributed by atoms with E-state index in [9.17, 15) is 9.13 Å². The van der Waals surface area contributed by atoms with Crippen molar-refractivity contribution in [3.05, 3.63) is 0 Å². The zero-order valence-electron chi connectivity index (χ0n) is 18.4. The molecule has 0 amide bonds. The average molecular weight is 474 g/mol. The molecule has 0 unspecified atom stereocenters. The van der Waals surface area contributed by atoms with Crippen LogP contribution in [0.2, 0.25) is 0 Å². The Morgan fingerprint density at radius 3 is 1.03 bits per heavy atom. The van der Waals surface area contributed by atoms with Crippen LogP contribution < -0.4 is 0 Å². The minimum atomic E-state index is -3.27. The Balaban J connectivity index is 1.08. The second kappa shape index (κ2) is 8.16. The minimum absolute atomic E-state index is 0.265. The smallest absolute Gasteiger partial charge is 0.296 e. The maximum absolute atomic E-state index is 13.5. The first-order valence-corrected chi connectivity index (χ1v) is 15.2. The van der Waals surface area contributed by atoms with E-state index < -0.39 is 20.9 Å². The van der Waals surface area contributed by atoms with E-state index >= 15 is 0 Å². The van der Waals surface area contributed by atoms with Gasteiger partial charge in [-0.15, -0.1) is 0 Å². The molecule has 0 atom stereocenters. The number of hydrogen-bond acceptors (Lipinski definition) is 6. The maximum atomic E-state index is 13.5. The van der Waals surface area contributed by atoms with Gasteiger partial charge in [-0.05, 0) is 75.0 Å². The highest BCUT2D eigenvalue weighted by Gasteiger charge is 2.53. The number of hydrogen-bond donors (Lipinski definition) is 0. The Hall–Kier alpha value is 0.220. The summed E-state index contributed by atoms with van der Waals surface area (Å²) in [5, 5.41) is 0. The van der Waals surface area contributed by atoms with Crippen molar-refractivity contribution in [2.24, 2.45) is 29.1 Å². The SMILES string of the molecule is O=P1(N2CC3CCC(CC3)C2)OCC2(CO1)COP(=O)(N1CC3CCC(CC3)C1)OC2. The van der Waals surface area contributed by atoms with Crippen molar-refractivity contribution >= 4 is 15.5 Å². The molecule has 8 aliphatic rings. The predicted octanol–water partition coefficient (Wildman–Crippen LogP) is 4.53. The second-order valence-corrected chi connectivity index (χ2v) is 15.1. The van der Waals surface area contributed by atoms with E-state index in [-0.39, 0.29) is 26.4 Å². The first-order valence-electron chi connectivity index (χ1n) is 12.2. The highest BCUT2D eigenvalue weighted by Crippen LogP contribution is 2.63. The van der Waals surface area contributed by atoms with E-state index in [1.807, 2.05) is 9.34 Å². The molecule has 8 nitrogen and oxygen atoms in total. The molecule has 1 spiro atoms. The summed E-state index contributed by atoms with van der Waals surface area (Å²) in [5.41, 5.74) is -0.530. The molecule has 8 fully saturated rings. The van der Waals surface area contributed by atoms with Crippen LogP contribution in [-0.2, 0) is 27.2 Å². The van der Waals surface area contributed by atoms with Crippen LogP contribution in [0, 0.1) is 29.1 Å². The molecular weight excluding hydrogens is 438 g/mol. The molecule has 0 N–H and O–H groups in total. The highest BCUT2D eigenvalue weighted by atomic mass is 31.2. The van der Waals surface area contributed by atoms with Crippen molar-refractivity contribution < 1.29 is 27.2 Å². The van der Waals surface area contributed by atoms with Crippen LogP contribution in [0.25, 0.3) is 0 Å². The van der Waals surface area contributed by atoms with Crippen molar-refractivity contribution in [1.29, 1.82) is 0 Å². The zero-order chi connectivity index (χ0) is 21.1. The molecular formula is C21H36N2O6P2. The average Bonchev–Trinajstić information content (AvgIpc) is 3.31. The maximum Gasteiger partial charge on any atom is 0.408 e. The monoisotopic (exact) mass is 474 g/mol. The first-order chi connectivity index (χ1) is 14.9. The predicted molar refractivity (Wildman–Crippen MR) is 115 cm³/mol. The normalized spacial score (nSPS) is 51.6. The summed E-state index contributed by atoms with van der Waals surface area (Å²) >= 11 is 0. The van der Waals surface area contributed by atoms with Gasteiger partial charge in [0, 0.05) is 26.2 Å². The Bertz CT molecular complexity index is 660.